The predicted molar refractivity (Wildman–Crippen MR) is 60.8 cm³/mol. The number of aliphatic hydroxyl groups excluding tert-OH is 1. The highest BCUT2D eigenvalue weighted by Crippen LogP contribution is 2.17. The quantitative estimate of drug-likeness (QED) is 0.482. The van der Waals surface area contributed by atoms with Crippen molar-refractivity contribution in [2.45, 2.75) is 25.0 Å². The number of carbonyl (C=O) groups is 3. The van der Waals surface area contributed by atoms with E-state index in [1.807, 2.05) is 0 Å². The second-order valence-electron chi connectivity index (χ2n) is 4.05. The third-order valence-electron chi connectivity index (χ3n) is 2.73. The average Bonchev–Trinajstić information content (AvgIpc) is 2.71. The zero-order valence-electron chi connectivity index (χ0n) is 10.0. The number of carboxylic acids is 1. The van der Waals surface area contributed by atoms with E-state index in [9.17, 15) is 19.5 Å². The van der Waals surface area contributed by atoms with E-state index < -0.39 is 24.1 Å². The van der Waals surface area contributed by atoms with E-state index in [4.69, 9.17) is 5.11 Å². The molecular formula is C10H17N3O5. The molecule has 0 saturated carbocycles. The number of amides is 3. The van der Waals surface area contributed by atoms with Crippen LogP contribution in [-0.2, 0) is 9.59 Å². The molecule has 1 heterocycles. The molecule has 3 amide bonds. The highest BCUT2D eigenvalue weighted by Gasteiger charge is 2.38. The van der Waals surface area contributed by atoms with Crippen molar-refractivity contribution in [1.29, 1.82) is 0 Å². The van der Waals surface area contributed by atoms with Crippen molar-refractivity contribution in [2.75, 3.05) is 20.1 Å². The highest BCUT2D eigenvalue weighted by molar-refractivity contribution is 5.84. The summed E-state index contributed by atoms with van der Waals surface area (Å²) < 4.78 is 0. The molecule has 8 nitrogen and oxygen atoms in total. The summed E-state index contributed by atoms with van der Waals surface area (Å²) in [5.74, 6) is -1.36. The number of nitrogens with zero attached hydrogens (tertiary/aromatic N) is 1. The van der Waals surface area contributed by atoms with Crippen molar-refractivity contribution in [3.8, 4) is 0 Å². The molecule has 0 aromatic heterocycles. The zero-order valence-corrected chi connectivity index (χ0v) is 10.0. The van der Waals surface area contributed by atoms with Crippen molar-refractivity contribution < 1.29 is 24.6 Å². The molecule has 1 unspecified atom stereocenters. The molecule has 8 heteroatoms. The number of urea groups is 1. The number of rotatable bonds is 4. The number of carbonyl (C=O) groups excluding carboxylic acids is 2. The molecule has 0 radical (unpaired) electrons. The molecule has 1 saturated heterocycles. The zero-order chi connectivity index (χ0) is 13.7. The van der Waals surface area contributed by atoms with E-state index >= 15 is 0 Å². The first-order valence-corrected chi connectivity index (χ1v) is 5.61. The molecular weight excluding hydrogens is 242 g/mol. The lowest BCUT2D eigenvalue weighted by molar-refractivity contribution is -0.141. The maximum Gasteiger partial charge on any atom is 0.326 e. The van der Waals surface area contributed by atoms with Crippen molar-refractivity contribution in [1.82, 2.24) is 15.5 Å². The Bertz CT molecular complexity index is 346. The molecule has 1 rings (SSSR count). The number of hydrogen-bond donors (Lipinski definition) is 4. The second-order valence-corrected chi connectivity index (χ2v) is 4.05. The average molecular weight is 259 g/mol. The van der Waals surface area contributed by atoms with Crippen LogP contribution in [-0.4, -0.2) is 65.3 Å². The summed E-state index contributed by atoms with van der Waals surface area (Å²) >= 11 is 0. The molecule has 0 aromatic rings. The van der Waals surface area contributed by atoms with Crippen LogP contribution in [0.2, 0.25) is 0 Å². The Morgan fingerprint density at radius 3 is 2.61 bits per heavy atom. The normalized spacial score (nSPS) is 22.7. The van der Waals surface area contributed by atoms with Gasteiger partial charge in [0.2, 0.25) is 5.91 Å². The molecule has 0 aliphatic carbocycles. The van der Waals surface area contributed by atoms with Gasteiger partial charge < -0.3 is 25.7 Å². The maximum atomic E-state index is 11.7. The predicted octanol–water partition coefficient (Wildman–Crippen LogP) is -1.65. The highest BCUT2D eigenvalue weighted by atomic mass is 16.4. The van der Waals surface area contributed by atoms with Crippen LogP contribution in [0.4, 0.5) is 4.79 Å². The fourth-order valence-electron chi connectivity index (χ4n) is 1.78. The van der Waals surface area contributed by atoms with Gasteiger partial charge in [0.25, 0.3) is 0 Å². The summed E-state index contributed by atoms with van der Waals surface area (Å²) in [6, 6.07) is -1.59. The summed E-state index contributed by atoms with van der Waals surface area (Å²) in [6.45, 7) is 0.111. The number of β-amino-alcohol motifs (C(OH)–C–C–N with tert-alkyl or cyclic N) is 1. The monoisotopic (exact) mass is 259 g/mol. The summed E-state index contributed by atoms with van der Waals surface area (Å²) in [5.41, 5.74) is 0. The van der Waals surface area contributed by atoms with E-state index in [0.29, 0.717) is 0 Å². The largest absolute Gasteiger partial charge is 0.480 e. The molecule has 0 bridgehead atoms. The van der Waals surface area contributed by atoms with Gasteiger partial charge in [0, 0.05) is 33.0 Å². The van der Waals surface area contributed by atoms with Gasteiger partial charge in [0.05, 0.1) is 6.10 Å². The Morgan fingerprint density at radius 1 is 1.39 bits per heavy atom. The molecule has 102 valence electrons. The Balaban J connectivity index is 2.45. The summed E-state index contributed by atoms with van der Waals surface area (Å²) in [5, 5.41) is 23.1. The van der Waals surface area contributed by atoms with Gasteiger partial charge in [-0.25, -0.2) is 9.59 Å². The number of hydrogen-bond acceptors (Lipinski definition) is 4. The fourth-order valence-corrected chi connectivity index (χ4v) is 1.78. The lowest BCUT2D eigenvalue weighted by atomic mass is 10.2. The number of nitrogens with one attached hydrogen (secondary N) is 2. The molecule has 1 aliphatic heterocycles. The van der Waals surface area contributed by atoms with Crippen LogP contribution < -0.4 is 10.6 Å². The third-order valence-corrected chi connectivity index (χ3v) is 2.73. The van der Waals surface area contributed by atoms with Gasteiger partial charge >= 0.3 is 12.0 Å². The van der Waals surface area contributed by atoms with Crippen LogP contribution in [0.1, 0.15) is 12.8 Å². The van der Waals surface area contributed by atoms with Gasteiger partial charge in [-0.05, 0) is 0 Å². The van der Waals surface area contributed by atoms with E-state index in [1.165, 1.54) is 7.05 Å². The van der Waals surface area contributed by atoms with Gasteiger partial charge in [-0.15, -0.1) is 0 Å². The van der Waals surface area contributed by atoms with Crippen LogP contribution in [0.3, 0.4) is 0 Å². The topological polar surface area (TPSA) is 119 Å². The van der Waals surface area contributed by atoms with Gasteiger partial charge in [-0.3, -0.25) is 4.79 Å². The van der Waals surface area contributed by atoms with Gasteiger partial charge in [0.1, 0.15) is 6.04 Å². The van der Waals surface area contributed by atoms with E-state index in [2.05, 4.69) is 10.6 Å². The van der Waals surface area contributed by atoms with Crippen molar-refractivity contribution in [2.24, 2.45) is 0 Å². The standard InChI is InChI=1S/C10H17N3O5/c1-11-8(15)2-3-12-10(18)13-5-6(14)4-7(13)9(16)17/h6-7,14H,2-5H2,1H3,(H,11,15)(H,12,18)(H,16,17)/t6?,7-/m0/s1. The SMILES string of the molecule is CNC(=O)CCNC(=O)N1CC(O)C[C@H]1C(=O)O. The Kier molecular flexibility index (Phi) is 4.90. The van der Waals surface area contributed by atoms with E-state index in [0.717, 1.165) is 4.90 Å². The van der Waals surface area contributed by atoms with Crippen LogP contribution in [0.25, 0.3) is 0 Å². The second kappa shape index (κ2) is 6.20. The molecule has 4 N–H and O–H groups in total. The molecule has 0 aromatic carbocycles. The molecule has 0 spiro atoms. The smallest absolute Gasteiger partial charge is 0.326 e. The van der Waals surface area contributed by atoms with Gasteiger partial charge in [-0.2, -0.15) is 0 Å². The Morgan fingerprint density at radius 2 is 2.06 bits per heavy atom. The first-order chi connectivity index (χ1) is 8.45. The van der Waals surface area contributed by atoms with E-state index in [1.54, 1.807) is 0 Å². The number of aliphatic carboxylic acids is 1. The first-order valence-electron chi connectivity index (χ1n) is 5.61. The molecule has 18 heavy (non-hydrogen) atoms. The molecule has 2 atom stereocenters. The minimum atomic E-state index is -1.15. The van der Waals surface area contributed by atoms with Crippen LogP contribution in [0, 0.1) is 0 Å². The lowest BCUT2D eigenvalue weighted by Crippen LogP contribution is -2.46. The Labute approximate surface area is 104 Å². The first kappa shape index (κ1) is 14.2. The number of carboxylic acid groups (broad SMARTS) is 1. The minimum Gasteiger partial charge on any atom is -0.480 e. The van der Waals surface area contributed by atoms with Crippen LogP contribution >= 0.6 is 0 Å². The van der Waals surface area contributed by atoms with E-state index in [-0.39, 0.29) is 31.8 Å². The van der Waals surface area contributed by atoms with Gasteiger partial charge in [0.15, 0.2) is 0 Å². The van der Waals surface area contributed by atoms with Crippen molar-refractivity contribution in [3.63, 3.8) is 0 Å². The number of likely N-dealkylation sites (tertiary alicyclic amines) is 1. The maximum absolute atomic E-state index is 11.7. The van der Waals surface area contributed by atoms with Crippen LogP contribution in [0.5, 0.6) is 0 Å². The van der Waals surface area contributed by atoms with Crippen LogP contribution in [0.15, 0.2) is 0 Å². The molecule has 1 fully saturated rings. The lowest BCUT2D eigenvalue weighted by Gasteiger charge is -2.21. The third kappa shape index (κ3) is 3.59. The van der Waals surface area contributed by atoms with Crippen molar-refractivity contribution in [3.05, 3.63) is 0 Å². The van der Waals surface area contributed by atoms with Gasteiger partial charge in [-0.1, -0.05) is 0 Å². The molecule has 1 aliphatic rings. The summed E-state index contributed by atoms with van der Waals surface area (Å²) in [6.07, 6.45) is -0.676. The number of aliphatic hydroxyl groups is 1. The summed E-state index contributed by atoms with van der Waals surface area (Å²) in [7, 11) is 1.49. The fraction of sp³-hybridized carbons (Fsp3) is 0.700. The minimum absolute atomic E-state index is 0.0111. The summed E-state index contributed by atoms with van der Waals surface area (Å²) in [4.78, 5) is 34.6. The Hall–Kier alpha value is -1.83. The van der Waals surface area contributed by atoms with Crippen molar-refractivity contribution >= 4 is 17.9 Å².